The summed E-state index contributed by atoms with van der Waals surface area (Å²) in [7, 11) is 0. The van der Waals surface area contributed by atoms with Crippen LogP contribution < -0.4 is 0 Å². The van der Waals surface area contributed by atoms with Crippen molar-refractivity contribution in [1.29, 1.82) is 0 Å². The van der Waals surface area contributed by atoms with Gasteiger partial charge in [0.05, 0.1) is 0 Å². The summed E-state index contributed by atoms with van der Waals surface area (Å²) < 4.78 is 16.9. The van der Waals surface area contributed by atoms with Crippen LogP contribution in [0.15, 0.2) is 109 Å². The molecule has 0 aliphatic heterocycles. The van der Waals surface area contributed by atoms with Gasteiger partial charge in [-0.15, -0.1) is 0 Å². The van der Waals surface area contributed by atoms with Gasteiger partial charge in [0.2, 0.25) is 0 Å². The van der Waals surface area contributed by atoms with Gasteiger partial charge in [0.15, 0.2) is 6.10 Å². The highest BCUT2D eigenvalue weighted by molar-refractivity contribution is 5.71. The molecule has 440 valence electrons. The fraction of sp³-hybridized carbons (Fsp3) is 0.704. The Balaban J connectivity index is 4.32. The van der Waals surface area contributed by atoms with E-state index in [1.54, 1.807) is 0 Å². The topological polar surface area (TPSA) is 78.9 Å². The van der Waals surface area contributed by atoms with Crippen LogP contribution in [0, 0.1) is 0 Å². The van der Waals surface area contributed by atoms with E-state index in [1.807, 2.05) is 0 Å². The molecule has 6 heteroatoms. The fourth-order valence-electron chi connectivity index (χ4n) is 8.99. The molecule has 0 saturated heterocycles. The first-order valence-corrected chi connectivity index (χ1v) is 32.4. The lowest BCUT2D eigenvalue weighted by atomic mass is 10.0. The van der Waals surface area contributed by atoms with Crippen LogP contribution in [0.5, 0.6) is 0 Å². The molecule has 0 rings (SSSR count). The number of carbonyl (C=O) groups is 3. The number of esters is 3. The lowest BCUT2D eigenvalue weighted by Gasteiger charge is -2.18. The maximum atomic E-state index is 12.9. The Morgan fingerprint density at radius 1 is 0.273 bits per heavy atom. The zero-order valence-electron chi connectivity index (χ0n) is 50.4. The maximum absolute atomic E-state index is 12.9. The molecule has 0 spiro atoms. The van der Waals surface area contributed by atoms with E-state index in [9.17, 15) is 14.4 Å². The summed E-state index contributed by atoms with van der Waals surface area (Å²) in [6, 6.07) is 0. The van der Waals surface area contributed by atoms with E-state index in [0.29, 0.717) is 19.3 Å². The molecule has 0 saturated carbocycles. The molecule has 0 aromatic heterocycles. The highest BCUT2D eigenvalue weighted by Crippen LogP contribution is 2.16. The average Bonchev–Trinajstić information content (AvgIpc) is 3.43. The molecule has 0 radical (unpaired) electrons. The molecule has 0 aliphatic carbocycles. The van der Waals surface area contributed by atoms with Crippen molar-refractivity contribution in [3.63, 3.8) is 0 Å². The van der Waals surface area contributed by atoms with Crippen molar-refractivity contribution in [2.45, 2.75) is 309 Å². The molecule has 0 aromatic rings. The lowest BCUT2D eigenvalue weighted by molar-refractivity contribution is -0.167. The summed E-state index contributed by atoms with van der Waals surface area (Å²) in [5, 5.41) is 0. The number of hydrogen-bond acceptors (Lipinski definition) is 6. The molecule has 77 heavy (non-hydrogen) atoms. The SMILES string of the molecule is CC/C=C\C/C=C\C/C=C\C/C=C\C/C=C\CCCCCCCCCCCCCC(=O)OCC(COC(=O)CCCCCCCCCCCCCCC)OC(=O)CCCCCCCC/C=C\C/C=C\C/C=C\C/C=C\CC. The first-order chi connectivity index (χ1) is 38.0. The second-order valence-corrected chi connectivity index (χ2v) is 21.3. The highest BCUT2D eigenvalue weighted by Gasteiger charge is 2.19. The van der Waals surface area contributed by atoms with Crippen molar-refractivity contribution in [1.82, 2.24) is 0 Å². The molecule has 0 amide bonds. The Hall–Kier alpha value is -3.93. The van der Waals surface area contributed by atoms with Gasteiger partial charge in [-0.05, 0) is 103 Å². The van der Waals surface area contributed by atoms with E-state index in [1.165, 1.54) is 135 Å². The van der Waals surface area contributed by atoms with Crippen molar-refractivity contribution in [3.8, 4) is 0 Å². The molecule has 0 N–H and O–H groups in total. The third-order valence-electron chi connectivity index (χ3n) is 13.8. The number of rotatable bonds is 58. The van der Waals surface area contributed by atoms with Gasteiger partial charge in [-0.3, -0.25) is 14.4 Å². The second kappa shape index (κ2) is 64.6. The number of carbonyl (C=O) groups excluding carboxylic acids is 3. The van der Waals surface area contributed by atoms with E-state index < -0.39 is 6.10 Å². The van der Waals surface area contributed by atoms with Gasteiger partial charge in [0, 0.05) is 19.3 Å². The summed E-state index contributed by atoms with van der Waals surface area (Å²) in [5.41, 5.74) is 0. The summed E-state index contributed by atoms with van der Waals surface area (Å²) in [6.07, 6.45) is 88.0. The third-order valence-corrected chi connectivity index (χ3v) is 13.8. The summed E-state index contributed by atoms with van der Waals surface area (Å²) >= 11 is 0. The predicted octanol–water partition coefficient (Wildman–Crippen LogP) is 22.2. The molecule has 1 atom stereocenters. The molecular formula is C71H120O6. The van der Waals surface area contributed by atoms with Gasteiger partial charge < -0.3 is 14.2 Å². The highest BCUT2D eigenvalue weighted by atomic mass is 16.6. The van der Waals surface area contributed by atoms with Crippen LogP contribution in [0.1, 0.15) is 303 Å². The minimum atomic E-state index is -0.788. The van der Waals surface area contributed by atoms with Gasteiger partial charge in [-0.25, -0.2) is 0 Å². The predicted molar refractivity (Wildman–Crippen MR) is 334 cm³/mol. The Labute approximate surface area is 476 Å². The van der Waals surface area contributed by atoms with E-state index in [4.69, 9.17) is 14.2 Å². The van der Waals surface area contributed by atoms with Crippen LogP contribution in [0.3, 0.4) is 0 Å². The summed E-state index contributed by atoms with van der Waals surface area (Å²) in [5.74, 6) is -0.890. The van der Waals surface area contributed by atoms with Gasteiger partial charge in [0.1, 0.15) is 13.2 Å². The second-order valence-electron chi connectivity index (χ2n) is 21.3. The van der Waals surface area contributed by atoms with Crippen molar-refractivity contribution >= 4 is 17.9 Å². The average molecular weight is 1070 g/mol. The zero-order chi connectivity index (χ0) is 55.7. The standard InChI is InChI=1S/C71H120O6/c1-4-7-10-13-16-19-22-25-27-29-31-32-33-34-35-36-37-38-40-41-43-46-49-52-55-58-61-64-70(73)76-67-68(66-75-69(72)63-60-57-54-51-48-45-24-21-18-15-12-9-6-3)77-71(74)65-62-59-56-53-50-47-44-42-39-30-28-26-23-20-17-14-11-8-5-2/h7-8,10-11,16-17,19-20,25-28,31-32,34-35,39,42,68H,4-6,9,12-15,18,21-24,29-30,33,36-38,40-41,43-67H2,1-3H3/b10-7-,11-8-,19-16-,20-17-,27-25-,28-26-,32-31-,35-34-,42-39-. The first kappa shape index (κ1) is 73.1. The molecule has 0 fully saturated rings. The van der Waals surface area contributed by atoms with Crippen molar-refractivity contribution in [2.24, 2.45) is 0 Å². The molecule has 0 aliphatic rings. The van der Waals surface area contributed by atoms with Crippen LogP contribution >= 0.6 is 0 Å². The van der Waals surface area contributed by atoms with Crippen LogP contribution in [0.4, 0.5) is 0 Å². The molecular weight excluding hydrogens is 949 g/mol. The number of allylic oxidation sites excluding steroid dienone is 18. The van der Waals surface area contributed by atoms with Crippen LogP contribution in [-0.2, 0) is 28.6 Å². The normalized spacial score (nSPS) is 12.8. The maximum Gasteiger partial charge on any atom is 0.306 e. The Morgan fingerprint density at radius 3 is 0.792 bits per heavy atom. The number of unbranched alkanes of at least 4 members (excludes halogenated alkanes) is 29. The van der Waals surface area contributed by atoms with Crippen molar-refractivity contribution in [3.05, 3.63) is 109 Å². The van der Waals surface area contributed by atoms with Crippen LogP contribution in [0.25, 0.3) is 0 Å². The molecule has 0 aromatic carbocycles. The number of ether oxygens (including phenoxy) is 3. The van der Waals surface area contributed by atoms with Crippen molar-refractivity contribution < 1.29 is 28.6 Å². The molecule has 6 nitrogen and oxygen atoms in total. The molecule has 1 unspecified atom stereocenters. The van der Waals surface area contributed by atoms with Crippen molar-refractivity contribution in [2.75, 3.05) is 13.2 Å². The lowest BCUT2D eigenvalue weighted by Crippen LogP contribution is -2.30. The molecule has 0 heterocycles. The zero-order valence-corrected chi connectivity index (χ0v) is 50.4. The van der Waals surface area contributed by atoms with Gasteiger partial charge in [-0.2, -0.15) is 0 Å². The Bertz CT molecular complexity index is 1560. The largest absolute Gasteiger partial charge is 0.462 e. The third kappa shape index (κ3) is 62.8. The summed E-state index contributed by atoms with van der Waals surface area (Å²) in [6.45, 7) is 6.42. The van der Waals surface area contributed by atoms with E-state index in [-0.39, 0.29) is 31.1 Å². The Kier molecular flexibility index (Phi) is 61.3. The minimum Gasteiger partial charge on any atom is -0.462 e. The molecule has 0 bridgehead atoms. The quantitative estimate of drug-likeness (QED) is 0.0261. The van der Waals surface area contributed by atoms with Gasteiger partial charge in [0.25, 0.3) is 0 Å². The van der Waals surface area contributed by atoms with Crippen LogP contribution in [0.2, 0.25) is 0 Å². The monoisotopic (exact) mass is 1070 g/mol. The number of hydrogen-bond donors (Lipinski definition) is 0. The minimum absolute atomic E-state index is 0.0827. The van der Waals surface area contributed by atoms with Gasteiger partial charge >= 0.3 is 17.9 Å². The fourth-order valence-corrected chi connectivity index (χ4v) is 8.99. The van der Waals surface area contributed by atoms with E-state index >= 15 is 0 Å². The summed E-state index contributed by atoms with van der Waals surface area (Å²) in [4.78, 5) is 38.3. The Morgan fingerprint density at radius 2 is 0.506 bits per heavy atom. The van der Waals surface area contributed by atoms with Gasteiger partial charge in [-0.1, -0.05) is 291 Å². The smallest absolute Gasteiger partial charge is 0.306 e. The van der Waals surface area contributed by atoms with E-state index in [2.05, 4.69) is 130 Å². The van der Waals surface area contributed by atoms with Crippen LogP contribution in [-0.4, -0.2) is 37.2 Å². The van der Waals surface area contributed by atoms with E-state index in [0.717, 1.165) is 128 Å². The first-order valence-electron chi connectivity index (χ1n) is 32.4.